The number of hydrogen-bond acceptors (Lipinski definition) is 6. The highest BCUT2D eigenvalue weighted by atomic mass is 32.1. The van der Waals surface area contributed by atoms with E-state index in [0.717, 1.165) is 40.8 Å². The van der Waals surface area contributed by atoms with Gasteiger partial charge in [-0.3, -0.25) is 0 Å². The molecular weight excluding hydrogens is 329 g/mol. The van der Waals surface area contributed by atoms with Crippen LogP contribution in [0.2, 0.25) is 0 Å². The van der Waals surface area contributed by atoms with Gasteiger partial charge in [-0.2, -0.15) is 4.98 Å². The molecule has 0 bridgehead atoms. The first-order valence-electron chi connectivity index (χ1n) is 7.95. The number of thiophene rings is 1. The molecule has 2 heterocycles. The van der Waals surface area contributed by atoms with Crippen LogP contribution >= 0.6 is 11.3 Å². The van der Waals surface area contributed by atoms with Gasteiger partial charge < -0.3 is 15.0 Å². The van der Waals surface area contributed by atoms with Crippen LogP contribution in [0.15, 0.2) is 22.7 Å². The summed E-state index contributed by atoms with van der Waals surface area (Å²) in [7, 11) is 1.58. The number of benzene rings is 1. The highest BCUT2D eigenvalue weighted by Gasteiger charge is 2.36. The number of halogens is 1. The zero-order valence-electron chi connectivity index (χ0n) is 13.3. The molecule has 1 aliphatic carbocycles. The molecule has 1 aromatic carbocycles. The molecule has 5 nitrogen and oxygen atoms in total. The molecule has 2 aromatic heterocycles. The number of nitrogens with two attached hydrogens (primary N) is 1. The first kappa shape index (κ1) is 15.7. The summed E-state index contributed by atoms with van der Waals surface area (Å²) in [6.07, 6.45) is 3.86. The Balaban J connectivity index is 1.83. The average Bonchev–Trinajstić information content (AvgIpc) is 3.27. The maximum absolute atomic E-state index is 14.3. The Morgan fingerprint density at radius 1 is 1.38 bits per heavy atom. The molecule has 2 N–H and O–H groups in total. The molecule has 1 saturated carbocycles. The first-order chi connectivity index (χ1) is 11.6. The average molecular weight is 347 g/mol. The first-order valence-corrected chi connectivity index (χ1v) is 8.76. The quantitative estimate of drug-likeness (QED) is 0.773. The van der Waals surface area contributed by atoms with Crippen LogP contribution in [0.4, 0.5) is 4.39 Å². The molecule has 24 heavy (non-hydrogen) atoms. The minimum absolute atomic E-state index is 0.270. The van der Waals surface area contributed by atoms with Crippen molar-refractivity contribution in [1.82, 2.24) is 10.1 Å². The fourth-order valence-electron chi connectivity index (χ4n) is 3.37. The number of methoxy groups -OCH3 is 1. The van der Waals surface area contributed by atoms with E-state index in [-0.39, 0.29) is 12.4 Å². The van der Waals surface area contributed by atoms with Crippen molar-refractivity contribution >= 4 is 21.4 Å². The number of hydrogen-bond donors (Lipinski definition) is 1. The Kier molecular flexibility index (Phi) is 3.86. The van der Waals surface area contributed by atoms with E-state index in [1.165, 1.54) is 17.4 Å². The number of fused-ring (bicyclic) bond motifs is 1. The zero-order valence-corrected chi connectivity index (χ0v) is 14.2. The van der Waals surface area contributed by atoms with Crippen LogP contribution in [-0.4, -0.2) is 17.3 Å². The highest BCUT2D eigenvalue weighted by molar-refractivity contribution is 7.22. The van der Waals surface area contributed by atoms with E-state index >= 15 is 0 Å². The second-order valence-corrected chi connectivity index (χ2v) is 7.29. The Labute approximate surface area is 142 Å². The normalized spacial score (nSPS) is 17.0. The van der Waals surface area contributed by atoms with E-state index in [2.05, 4.69) is 10.1 Å². The number of nitrogens with zero attached hydrogens (tertiary/aromatic N) is 2. The van der Waals surface area contributed by atoms with Gasteiger partial charge in [0.15, 0.2) is 5.82 Å². The summed E-state index contributed by atoms with van der Waals surface area (Å²) in [5, 5.41) is 4.66. The smallest absolute Gasteiger partial charge is 0.268 e. The van der Waals surface area contributed by atoms with Crippen molar-refractivity contribution < 1.29 is 13.7 Å². The van der Waals surface area contributed by atoms with E-state index in [4.69, 9.17) is 15.0 Å². The molecule has 0 radical (unpaired) electrons. The van der Waals surface area contributed by atoms with Gasteiger partial charge in [0.05, 0.1) is 17.0 Å². The van der Waals surface area contributed by atoms with Gasteiger partial charge in [-0.25, -0.2) is 4.39 Å². The maximum Gasteiger partial charge on any atom is 0.268 e. The van der Waals surface area contributed by atoms with Gasteiger partial charge in [-0.05, 0) is 25.0 Å². The second-order valence-electron chi connectivity index (χ2n) is 6.24. The number of rotatable bonds is 4. The van der Waals surface area contributed by atoms with Crippen LogP contribution in [0.1, 0.15) is 37.1 Å². The van der Waals surface area contributed by atoms with Gasteiger partial charge in [0.25, 0.3) is 5.89 Å². The summed E-state index contributed by atoms with van der Waals surface area (Å²) in [5.41, 5.74) is 6.63. The summed E-state index contributed by atoms with van der Waals surface area (Å²) >= 11 is 1.43. The van der Waals surface area contributed by atoms with E-state index in [1.807, 2.05) is 6.07 Å². The monoisotopic (exact) mass is 347 g/mol. The van der Waals surface area contributed by atoms with Crippen LogP contribution in [0.5, 0.6) is 0 Å². The maximum atomic E-state index is 14.3. The molecule has 4 rings (SSSR count). The van der Waals surface area contributed by atoms with Gasteiger partial charge >= 0.3 is 0 Å². The van der Waals surface area contributed by atoms with Gasteiger partial charge in [0.1, 0.15) is 5.82 Å². The molecule has 3 aromatic rings. The predicted octanol–water partition coefficient (Wildman–Crippen LogP) is 3.96. The van der Waals surface area contributed by atoms with Gasteiger partial charge in [0.2, 0.25) is 0 Å². The largest absolute Gasteiger partial charge is 0.380 e. The Bertz CT molecular complexity index is 883. The third-order valence-corrected chi connectivity index (χ3v) is 5.80. The molecule has 126 valence electrons. The molecule has 0 amide bonds. The Hall–Kier alpha value is -1.83. The summed E-state index contributed by atoms with van der Waals surface area (Å²) < 4.78 is 25.8. The van der Waals surface area contributed by atoms with Crippen molar-refractivity contribution in [3.63, 3.8) is 0 Å². The SMILES string of the molecule is COCc1c(-c2nc(C3(N)CCCC3)no2)sc2cccc(F)c12. The lowest BCUT2D eigenvalue weighted by Crippen LogP contribution is -2.34. The minimum atomic E-state index is -0.509. The van der Waals surface area contributed by atoms with Crippen molar-refractivity contribution in [2.45, 2.75) is 37.8 Å². The summed E-state index contributed by atoms with van der Waals surface area (Å²) in [4.78, 5) is 5.28. The molecule has 0 saturated heterocycles. The third-order valence-electron chi connectivity index (χ3n) is 4.61. The molecule has 0 spiro atoms. The van der Waals surface area contributed by atoms with E-state index in [1.54, 1.807) is 13.2 Å². The second kappa shape index (κ2) is 5.91. The van der Waals surface area contributed by atoms with Crippen molar-refractivity contribution in [3.05, 3.63) is 35.4 Å². The van der Waals surface area contributed by atoms with Gasteiger partial charge in [-0.15, -0.1) is 11.3 Å². The lowest BCUT2D eigenvalue weighted by Gasteiger charge is -2.17. The molecule has 0 aliphatic heterocycles. The van der Waals surface area contributed by atoms with Gasteiger partial charge in [-0.1, -0.05) is 24.1 Å². The van der Waals surface area contributed by atoms with Crippen molar-refractivity contribution in [1.29, 1.82) is 0 Å². The van der Waals surface area contributed by atoms with Crippen LogP contribution < -0.4 is 5.73 Å². The lowest BCUT2D eigenvalue weighted by molar-refractivity contribution is 0.186. The highest BCUT2D eigenvalue weighted by Crippen LogP contribution is 2.41. The molecule has 0 unspecified atom stereocenters. The lowest BCUT2D eigenvalue weighted by atomic mass is 9.99. The summed E-state index contributed by atoms with van der Waals surface area (Å²) in [5.74, 6) is 0.651. The number of ether oxygens (including phenoxy) is 1. The van der Waals surface area contributed by atoms with Crippen molar-refractivity contribution in [2.75, 3.05) is 7.11 Å². The molecule has 1 aliphatic rings. The Morgan fingerprint density at radius 2 is 2.17 bits per heavy atom. The predicted molar refractivity (Wildman–Crippen MR) is 90.1 cm³/mol. The summed E-state index contributed by atoms with van der Waals surface area (Å²) in [6, 6.07) is 5.02. The molecule has 7 heteroatoms. The van der Waals surface area contributed by atoms with E-state index < -0.39 is 5.54 Å². The van der Waals surface area contributed by atoms with Gasteiger partial charge in [0, 0.05) is 22.8 Å². The minimum Gasteiger partial charge on any atom is -0.380 e. The third kappa shape index (κ3) is 2.44. The number of aromatic nitrogens is 2. The van der Waals surface area contributed by atoms with Crippen LogP contribution in [-0.2, 0) is 16.9 Å². The van der Waals surface area contributed by atoms with Crippen LogP contribution in [0.25, 0.3) is 20.9 Å². The fourth-order valence-corrected chi connectivity index (χ4v) is 4.51. The zero-order chi connectivity index (χ0) is 16.7. The van der Waals surface area contributed by atoms with Crippen molar-refractivity contribution in [2.24, 2.45) is 5.73 Å². The van der Waals surface area contributed by atoms with Crippen LogP contribution in [0.3, 0.4) is 0 Å². The Morgan fingerprint density at radius 3 is 2.92 bits per heavy atom. The van der Waals surface area contributed by atoms with Crippen molar-refractivity contribution in [3.8, 4) is 10.8 Å². The summed E-state index contributed by atoms with van der Waals surface area (Å²) in [6.45, 7) is 0.280. The molecule has 0 atom stereocenters. The fraction of sp³-hybridized carbons (Fsp3) is 0.412. The topological polar surface area (TPSA) is 74.2 Å². The van der Waals surface area contributed by atoms with Crippen LogP contribution in [0, 0.1) is 5.82 Å². The van der Waals surface area contributed by atoms with E-state index in [0.29, 0.717) is 17.1 Å². The standard InChI is InChI=1S/C17H18FN3O2S/c1-22-9-10-13-11(18)5-4-6-12(13)24-14(10)15-20-16(21-23-15)17(19)7-2-3-8-17/h4-6H,2-3,7-9,19H2,1H3. The molecular formula is C17H18FN3O2S. The molecule has 1 fully saturated rings. The van der Waals surface area contributed by atoms with E-state index in [9.17, 15) is 4.39 Å².